The van der Waals surface area contributed by atoms with E-state index in [9.17, 15) is 9.18 Å². The van der Waals surface area contributed by atoms with E-state index in [0.29, 0.717) is 30.0 Å². The lowest BCUT2D eigenvalue weighted by atomic mass is 9.78. The lowest BCUT2D eigenvalue weighted by Crippen LogP contribution is -2.38. The Morgan fingerprint density at radius 3 is 2.52 bits per heavy atom. The average Bonchev–Trinajstić information content (AvgIpc) is 3.06. The zero-order valence-electron chi connectivity index (χ0n) is 14.0. The van der Waals surface area contributed by atoms with E-state index in [1.165, 1.54) is 12.1 Å². The predicted octanol–water partition coefficient (Wildman–Crippen LogP) is 4.29. The Morgan fingerprint density at radius 2 is 1.92 bits per heavy atom. The third-order valence-corrected chi connectivity index (χ3v) is 4.76. The highest BCUT2D eigenvalue weighted by Crippen LogP contribution is 2.42. The van der Waals surface area contributed by atoms with Gasteiger partial charge in [-0.25, -0.2) is 4.39 Å². The van der Waals surface area contributed by atoms with Gasteiger partial charge in [0.05, 0.1) is 18.2 Å². The van der Waals surface area contributed by atoms with E-state index in [-0.39, 0.29) is 24.1 Å². The molecule has 0 atom stereocenters. The number of amides is 1. The number of carbonyl (C=O) groups is 1. The summed E-state index contributed by atoms with van der Waals surface area (Å²) in [6, 6.07) is 11.5. The van der Waals surface area contributed by atoms with E-state index in [0.717, 1.165) is 18.4 Å². The fourth-order valence-corrected chi connectivity index (χ4v) is 3.47. The van der Waals surface area contributed by atoms with Crippen LogP contribution in [0.3, 0.4) is 0 Å². The van der Waals surface area contributed by atoms with E-state index in [1.807, 2.05) is 6.07 Å². The molecule has 0 radical (unpaired) electrons. The van der Waals surface area contributed by atoms with Crippen LogP contribution >= 0.6 is 12.4 Å². The van der Waals surface area contributed by atoms with Crippen LogP contribution in [-0.2, 0) is 10.2 Å². The summed E-state index contributed by atoms with van der Waals surface area (Å²) in [5.74, 6) is 0.129. The summed E-state index contributed by atoms with van der Waals surface area (Å²) in [5.41, 5.74) is 7.02. The molecule has 4 nitrogen and oxygen atoms in total. The number of nitrogen functional groups attached to an aromatic ring is 1. The van der Waals surface area contributed by atoms with Gasteiger partial charge in [0.15, 0.2) is 0 Å². The number of anilines is 2. The van der Waals surface area contributed by atoms with Crippen molar-refractivity contribution >= 4 is 29.7 Å². The number of halogens is 2. The number of carbonyl (C=O) groups excluding carboxylic acids is 1. The van der Waals surface area contributed by atoms with Crippen LogP contribution in [0.5, 0.6) is 5.75 Å². The van der Waals surface area contributed by atoms with Crippen molar-refractivity contribution in [2.45, 2.75) is 31.1 Å². The molecular weight excluding hydrogens is 343 g/mol. The minimum absolute atomic E-state index is 0. The van der Waals surface area contributed by atoms with E-state index >= 15 is 0 Å². The van der Waals surface area contributed by atoms with Gasteiger partial charge < -0.3 is 15.8 Å². The number of hydrogen-bond donors (Lipinski definition) is 2. The van der Waals surface area contributed by atoms with Crippen LogP contribution in [0.2, 0.25) is 0 Å². The van der Waals surface area contributed by atoms with Crippen molar-refractivity contribution in [2.75, 3.05) is 18.2 Å². The second kappa shape index (κ2) is 7.74. The van der Waals surface area contributed by atoms with Crippen molar-refractivity contribution in [3.05, 3.63) is 53.8 Å². The van der Waals surface area contributed by atoms with Crippen molar-refractivity contribution in [3.8, 4) is 5.75 Å². The Kier molecular flexibility index (Phi) is 5.90. The summed E-state index contributed by atoms with van der Waals surface area (Å²) < 4.78 is 18.8. The van der Waals surface area contributed by atoms with Gasteiger partial charge in [-0.1, -0.05) is 25.0 Å². The van der Waals surface area contributed by atoms with Gasteiger partial charge in [0.1, 0.15) is 11.6 Å². The Labute approximate surface area is 153 Å². The lowest BCUT2D eigenvalue weighted by Gasteiger charge is -2.28. The molecule has 0 unspecified atom stereocenters. The monoisotopic (exact) mass is 364 g/mol. The van der Waals surface area contributed by atoms with Gasteiger partial charge in [0, 0.05) is 5.69 Å². The van der Waals surface area contributed by atoms with Crippen LogP contribution in [0, 0.1) is 5.82 Å². The first-order valence-electron chi connectivity index (χ1n) is 8.06. The Hall–Kier alpha value is -2.27. The minimum atomic E-state index is -0.684. The number of methoxy groups -OCH3 is 1. The summed E-state index contributed by atoms with van der Waals surface area (Å²) in [4.78, 5) is 13.0. The molecule has 0 spiro atoms. The van der Waals surface area contributed by atoms with Gasteiger partial charge in [-0.3, -0.25) is 4.79 Å². The molecule has 3 N–H and O–H groups in total. The molecule has 1 aliphatic carbocycles. The van der Waals surface area contributed by atoms with Gasteiger partial charge in [-0.05, 0) is 48.7 Å². The summed E-state index contributed by atoms with van der Waals surface area (Å²) >= 11 is 0. The number of hydrogen-bond acceptors (Lipinski definition) is 3. The molecule has 6 heteroatoms. The molecule has 0 heterocycles. The zero-order valence-corrected chi connectivity index (χ0v) is 14.9. The molecule has 1 amide bonds. The van der Waals surface area contributed by atoms with Crippen LogP contribution in [-0.4, -0.2) is 13.0 Å². The summed E-state index contributed by atoms with van der Waals surface area (Å²) in [6.45, 7) is 0. The van der Waals surface area contributed by atoms with Crippen molar-refractivity contribution in [1.29, 1.82) is 0 Å². The molecule has 0 aromatic heterocycles. The van der Waals surface area contributed by atoms with E-state index in [1.54, 1.807) is 31.4 Å². The topological polar surface area (TPSA) is 64.3 Å². The highest BCUT2D eigenvalue weighted by molar-refractivity contribution is 5.99. The minimum Gasteiger partial charge on any atom is -0.495 e. The third-order valence-electron chi connectivity index (χ3n) is 4.76. The highest BCUT2D eigenvalue weighted by atomic mass is 35.5. The molecule has 1 saturated carbocycles. The van der Waals surface area contributed by atoms with E-state index in [2.05, 4.69) is 5.32 Å². The Balaban J connectivity index is 0.00000225. The summed E-state index contributed by atoms with van der Waals surface area (Å²) in [7, 11) is 1.54. The third kappa shape index (κ3) is 3.71. The number of benzene rings is 2. The quantitative estimate of drug-likeness (QED) is 0.795. The van der Waals surface area contributed by atoms with Crippen molar-refractivity contribution < 1.29 is 13.9 Å². The van der Waals surface area contributed by atoms with Crippen molar-refractivity contribution in [2.24, 2.45) is 0 Å². The van der Waals surface area contributed by atoms with Gasteiger partial charge >= 0.3 is 0 Å². The van der Waals surface area contributed by atoms with Crippen molar-refractivity contribution in [1.82, 2.24) is 0 Å². The van der Waals surface area contributed by atoms with E-state index in [4.69, 9.17) is 10.5 Å². The predicted molar refractivity (Wildman–Crippen MR) is 99.8 cm³/mol. The number of rotatable bonds is 4. The van der Waals surface area contributed by atoms with Crippen LogP contribution in [0.4, 0.5) is 15.8 Å². The number of ether oxygens (including phenoxy) is 1. The largest absolute Gasteiger partial charge is 0.495 e. The first-order chi connectivity index (χ1) is 11.5. The molecule has 0 aliphatic heterocycles. The van der Waals surface area contributed by atoms with Crippen LogP contribution in [0.1, 0.15) is 31.2 Å². The summed E-state index contributed by atoms with van der Waals surface area (Å²) in [6.07, 6.45) is 3.34. The maximum absolute atomic E-state index is 13.7. The second-order valence-electron chi connectivity index (χ2n) is 6.21. The Bertz CT molecular complexity index is 761. The molecule has 25 heavy (non-hydrogen) atoms. The zero-order chi connectivity index (χ0) is 17.2. The fraction of sp³-hybridized carbons (Fsp3) is 0.316. The molecule has 134 valence electrons. The van der Waals surface area contributed by atoms with Crippen LogP contribution in [0.15, 0.2) is 42.5 Å². The first kappa shape index (κ1) is 19.1. The van der Waals surface area contributed by atoms with Crippen molar-refractivity contribution in [3.63, 3.8) is 0 Å². The second-order valence-corrected chi connectivity index (χ2v) is 6.21. The molecule has 1 fully saturated rings. The fourth-order valence-electron chi connectivity index (χ4n) is 3.47. The van der Waals surface area contributed by atoms with Crippen LogP contribution in [0.25, 0.3) is 0 Å². The van der Waals surface area contributed by atoms with Gasteiger partial charge in [-0.2, -0.15) is 0 Å². The van der Waals surface area contributed by atoms with E-state index < -0.39 is 5.41 Å². The number of nitrogens with one attached hydrogen (secondary N) is 1. The Morgan fingerprint density at radius 1 is 1.20 bits per heavy atom. The lowest BCUT2D eigenvalue weighted by molar-refractivity contribution is -0.121. The van der Waals surface area contributed by atoms with Gasteiger partial charge in [0.25, 0.3) is 0 Å². The van der Waals surface area contributed by atoms with Gasteiger partial charge in [0.2, 0.25) is 5.91 Å². The molecular formula is C19H22ClFN2O2. The maximum Gasteiger partial charge on any atom is 0.235 e. The van der Waals surface area contributed by atoms with Gasteiger partial charge in [-0.15, -0.1) is 12.4 Å². The molecule has 0 bridgehead atoms. The molecule has 0 saturated heterocycles. The highest BCUT2D eigenvalue weighted by Gasteiger charge is 2.42. The standard InChI is InChI=1S/C19H21FN2O2.ClH/c1-24-17-8-7-15(12-16(17)21)22-18(23)19(9-2-3-10-19)13-5-4-6-14(20)11-13;/h4-8,11-12H,2-3,9-10,21H2,1H3,(H,22,23);1H. The SMILES string of the molecule is COc1ccc(NC(=O)C2(c3cccc(F)c3)CCCC2)cc1N.Cl. The smallest absolute Gasteiger partial charge is 0.235 e. The molecule has 2 aromatic rings. The molecule has 3 rings (SSSR count). The summed E-state index contributed by atoms with van der Waals surface area (Å²) in [5, 5.41) is 2.94. The molecule has 1 aliphatic rings. The first-order valence-corrected chi connectivity index (χ1v) is 8.06. The normalized spacial score (nSPS) is 15.3. The average molecular weight is 365 g/mol. The molecule has 2 aromatic carbocycles. The number of nitrogens with two attached hydrogens (primary N) is 1. The van der Waals surface area contributed by atoms with Crippen LogP contribution < -0.4 is 15.8 Å². The maximum atomic E-state index is 13.7.